The van der Waals surface area contributed by atoms with Crippen LogP contribution in [0.2, 0.25) is 5.15 Å². The zero-order valence-corrected chi connectivity index (χ0v) is 19.1. The second kappa shape index (κ2) is 10.7. The number of halogens is 1. The van der Waals surface area contributed by atoms with E-state index in [1.807, 2.05) is 30.3 Å². The molecular formula is C25H25ClN4O4. The number of nitrogens with zero attached hydrogens (tertiary/aromatic N) is 2. The van der Waals surface area contributed by atoms with Crippen LogP contribution >= 0.6 is 11.6 Å². The molecule has 2 aromatic heterocycles. The molecule has 1 fully saturated rings. The fourth-order valence-electron chi connectivity index (χ4n) is 3.93. The summed E-state index contributed by atoms with van der Waals surface area (Å²) in [6.07, 6.45) is 1.05. The molecule has 34 heavy (non-hydrogen) atoms. The van der Waals surface area contributed by atoms with Crippen molar-refractivity contribution in [2.24, 2.45) is 5.92 Å². The first-order chi connectivity index (χ1) is 16.4. The predicted molar refractivity (Wildman–Crippen MR) is 128 cm³/mol. The van der Waals surface area contributed by atoms with Crippen LogP contribution in [0.1, 0.15) is 28.9 Å². The molecule has 8 nitrogen and oxygen atoms in total. The number of H-pyrrole nitrogens is 1. The minimum atomic E-state index is -1.36. The molecule has 1 aliphatic rings. The van der Waals surface area contributed by atoms with Gasteiger partial charge in [-0.25, -0.2) is 4.98 Å². The highest BCUT2D eigenvalue weighted by molar-refractivity contribution is 6.30. The van der Waals surface area contributed by atoms with Crippen molar-refractivity contribution in [1.29, 1.82) is 0 Å². The highest BCUT2D eigenvalue weighted by Crippen LogP contribution is 2.19. The Morgan fingerprint density at radius 1 is 1.24 bits per heavy atom. The summed E-state index contributed by atoms with van der Waals surface area (Å²) >= 11 is 5.90. The smallest absolute Gasteiger partial charge is 0.279 e. The van der Waals surface area contributed by atoms with Crippen molar-refractivity contribution >= 4 is 34.3 Å². The molecule has 3 aromatic rings. The number of carbonyl (C=O) groups excluding carboxylic acids is 2. The van der Waals surface area contributed by atoms with Crippen LogP contribution in [0.15, 0.2) is 48.7 Å². The van der Waals surface area contributed by atoms with Crippen LogP contribution in [0.3, 0.4) is 0 Å². The van der Waals surface area contributed by atoms with E-state index in [1.54, 1.807) is 17.0 Å². The lowest BCUT2D eigenvalue weighted by molar-refractivity contribution is -0.144. The maximum atomic E-state index is 12.9. The molecule has 0 spiro atoms. The molecule has 2 atom stereocenters. The van der Waals surface area contributed by atoms with E-state index < -0.39 is 29.9 Å². The molecule has 176 valence electrons. The fraction of sp³-hybridized carbons (Fsp3) is 0.320. The number of aliphatic hydroxyl groups is 2. The minimum Gasteiger partial charge on any atom is -0.393 e. The molecule has 9 heteroatoms. The van der Waals surface area contributed by atoms with Gasteiger partial charge in [-0.1, -0.05) is 47.9 Å². The molecular weight excluding hydrogens is 456 g/mol. The van der Waals surface area contributed by atoms with Crippen molar-refractivity contribution < 1.29 is 19.8 Å². The van der Waals surface area contributed by atoms with Crippen molar-refractivity contribution in [2.75, 3.05) is 13.1 Å². The predicted octanol–water partition coefficient (Wildman–Crippen LogP) is 2.11. The molecule has 3 heterocycles. The molecule has 0 aliphatic carbocycles. The molecule has 1 aliphatic heterocycles. The molecule has 1 saturated heterocycles. The Morgan fingerprint density at radius 2 is 1.97 bits per heavy atom. The lowest BCUT2D eigenvalue weighted by Gasteiger charge is -2.32. The van der Waals surface area contributed by atoms with Crippen molar-refractivity contribution in [2.45, 2.75) is 31.5 Å². The number of fused-ring (bicyclic) bond motifs is 1. The third kappa shape index (κ3) is 5.75. The first kappa shape index (κ1) is 23.8. The molecule has 0 saturated carbocycles. The van der Waals surface area contributed by atoms with Crippen LogP contribution in [0.4, 0.5) is 0 Å². The van der Waals surface area contributed by atoms with Crippen LogP contribution in [0.25, 0.3) is 10.9 Å². The van der Waals surface area contributed by atoms with Gasteiger partial charge >= 0.3 is 0 Å². The van der Waals surface area contributed by atoms with E-state index >= 15 is 0 Å². The number of rotatable bonds is 5. The van der Waals surface area contributed by atoms with E-state index in [2.05, 4.69) is 27.2 Å². The summed E-state index contributed by atoms with van der Waals surface area (Å²) in [6, 6.07) is 15.3. The number of aromatic amines is 1. The third-order valence-corrected chi connectivity index (χ3v) is 6.07. The van der Waals surface area contributed by atoms with Gasteiger partial charge in [0, 0.05) is 24.5 Å². The minimum absolute atomic E-state index is 0.288. The quantitative estimate of drug-likeness (QED) is 0.253. The number of aromatic nitrogens is 2. The first-order valence-corrected chi connectivity index (χ1v) is 11.4. The first-order valence-electron chi connectivity index (χ1n) is 11.0. The number of pyridine rings is 1. The number of hydrogen-bond acceptors (Lipinski definition) is 5. The zero-order chi connectivity index (χ0) is 24.1. The number of piperidine rings is 1. The van der Waals surface area contributed by atoms with E-state index in [1.165, 1.54) is 6.20 Å². The molecule has 0 radical (unpaired) electrons. The lowest BCUT2D eigenvalue weighted by Crippen LogP contribution is -2.47. The Kier molecular flexibility index (Phi) is 7.48. The van der Waals surface area contributed by atoms with Gasteiger partial charge in [0.05, 0.1) is 23.7 Å². The summed E-state index contributed by atoms with van der Waals surface area (Å²) in [5, 5.41) is 24.1. The van der Waals surface area contributed by atoms with Gasteiger partial charge in [0.15, 0.2) is 0 Å². The highest BCUT2D eigenvalue weighted by atomic mass is 35.5. The van der Waals surface area contributed by atoms with Gasteiger partial charge in [0.2, 0.25) is 0 Å². The van der Waals surface area contributed by atoms with E-state index in [9.17, 15) is 19.8 Å². The summed E-state index contributed by atoms with van der Waals surface area (Å²) in [5.74, 6) is 1.26. The van der Waals surface area contributed by atoms with E-state index in [4.69, 9.17) is 11.6 Å². The number of carbonyl (C=O) groups is 2. The second-order valence-electron chi connectivity index (χ2n) is 8.30. The normalized spacial score (nSPS) is 15.9. The Hall–Kier alpha value is -3.38. The van der Waals surface area contributed by atoms with Crippen molar-refractivity contribution in [3.05, 3.63) is 65.1 Å². The maximum Gasteiger partial charge on any atom is 0.279 e. The van der Waals surface area contributed by atoms with Crippen molar-refractivity contribution in [3.63, 3.8) is 0 Å². The van der Waals surface area contributed by atoms with Gasteiger partial charge in [0.25, 0.3) is 11.8 Å². The van der Waals surface area contributed by atoms with Gasteiger partial charge in [0.1, 0.15) is 17.0 Å². The number of amides is 2. The average molecular weight is 481 g/mol. The van der Waals surface area contributed by atoms with E-state index in [0.29, 0.717) is 43.0 Å². The SMILES string of the molecule is O=C(NC#CC(Cc1ccccc1)[C@@H](O)C(=O)N1CCC(O)CC1)c1cc2cc(Cl)ncc2[nH]1. The molecule has 4 N–H and O–H groups in total. The van der Waals surface area contributed by atoms with E-state index in [-0.39, 0.29) is 5.69 Å². The molecule has 1 aromatic carbocycles. The Bertz CT molecular complexity index is 1230. The van der Waals surface area contributed by atoms with Gasteiger partial charge < -0.3 is 20.1 Å². The van der Waals surface area contributed by atoms with Gasteiger partial charge in [-0.3, -0.25) is 14.9 Å². The Balaban J connectivity index is 1.48. The molecule has 1 unspecified atom stereocenters. The Morgan fingerprint density at radius 3 is 2.71 bits per heavy atom. The summed E-state index contributed by atoms with van der Waals surface area (Å²) in [6.45, 7) is 0.775. The van der Waals surface area contributed by atoms with Crippen LogP contribution in [0, 0.1) is 17.9 Å². The van der Waals surface area contributed by atoms with Crippen molar-refractivity contribution in [1.82, 2.24) is 20.2 Å². The summed E-state index contributed by atoms with van der Waals surface area (Å²) in [4.78, 5) is 34.0. The largest absolute Gasteiger partial charge is 0.393 e. The average Bonchev–Trinajstić information content (AvgIpc) is 3.27. The molecule has 2 amide bonds. The van der Waals surface area contributed by atoms with Crippen LogP contribution in [-0.4, -0.2) is 62.2 Å². The van der Waals surface area contributed by atoms with Crippen molar-refractivity contribution in [3.8, 4) is 12.0 Å². The molecule has 4 rings (SSSR count). The maximum absolute atomic E-state index is 12.9. The second-order valence-corrected chi connectivity index (χ2v) is 8.69. The standard InChI is InChI=1S/C25H25ClN4O4/c26-22-14-18-13-20(29-21(18)15-28-22)24(33)27-9-6-17(12-16-4-2-1-3-5-16)23(32)25(34)30-10-7-19(31)8-11-30/h1-5,13-15,17,19,23,29,31-32H,7-8,10-12H2,(H,27,33)/t17?,23-/m1/s1. The Labute approximate surface area is 201 Å². The lowest BCUT2D eigenvalue weighted by atomic mass is 9.93. The summed E-state index contributed by atoms with van der Waals surface area (Å²) in [7, 11) is 0. The topological polar surface area (TPSA) is 119 Å². The monoisotopic (exact) mass is 480 g/mol. The third-order valence-electron chi connectivity index (χ3n) is 5.86. The number of nitrogens with one attached hydrogen (secondary N) is 2. The highest BCUT2D eigenvalue weighted by Gasteiger charge is 2.31. The summed E-state index contributed by atoms with van der Waals surface area (Å²) < 4.78 is 0. The number of likely N-dealkylation sites (tertiary alicyclic amines) is 1. The fourth-order valence-corrected chi connectivity index (χ4v) is 4.10. The number of hydrogen-bond donors (Lipinski definition) is 4. The summed E-state index contributed by atoms with van der Waals surface area (Å²) in [5.41, 5.74) is 1.86. The van der Waals surface area contributed by atoms with Gasteiger partial charge in [-0.15, -0.1) is 0 Å². The van der Waals surface area contributed by atoms with Crippen LogP contribution in [0.5, 0.6) is 0 Å². The van der Waals surface area contributed by atoms with Crippen LogP contribution < -0.4 is 5.32 Å². The molecule has 0 bridgehead atoms. The zero-order valence-electron chi connectivity index (χ0n) is 18.4. The number of benzene rings is 1. The van der Waals surface area contributed by atoms with Gasteiger partial charge in [-0.2, -0.15) is 0 Å². The van der Waals surface area contributed by atoms with Gasteiger partial charge in [-0.05, 0) is 37.0 Å². The van der Waals surface area contributed by atoms with E-state index in [0.717, 1.165) is 10.9 Å². The van der Waals surface area contributed by atoms with Crippen LogP contribution in [-0.2, 0) is 11.2 Å². The number of aliphatic hydroxyl groups excluding tert-OH is 2.